The molecule has 3 rings (SSSR count). The average Bonchev–Trinajstić information content (AvgIpc) is 3.02. The number of amides is 1. The van der Waals surface area contributed by atoms with Crippen LogP contribution in [0.5, 0.6) is 5.75 Å². The molecule has 0 radical (unpaired) electrons. The number of aryl methyl sites for hydroxylation is 3. The standard InChI is InChI=1S/C20H20N2O2S/c1-13-4-7-17(10-14(13)2)22-20(23)16-5-8-19(9-6-16)24-11-18-12-25-15(3)21-18/h4-10,12H,11H2,1-3H3,(H,22,23). The number of carbonyl (C=O) groups excluding carboxylic acids is 1. The van der Waals surface area contributed by atoms with Gasteiger partial charge in [0.15, 0.2) is 0 Å². The lowest BCUT2D eigenvalue weighted by Crippen LogP contribution is -2.12. The van der Waals surface area contributed by atoms with E-state index in [1.54, 1.807) is 35.6 Å². The van der Waals surface area contributed by atoms with Gasteiger partial charge in [-0.25, -0.2) is 4.98 Å². The van der Waals surface area contributed by atoms with Crippen molar-refractivity contribution in [2.45, 2.75) is 27.4 Å². The van der Waals surface area contributed by atoms with Crippen LogP contribution in [0.1, 0.15) is 32.2 Å². The molecule has 0 aliphatic carbocycles. The summed E-state index contributed by atoms with van der Waals surface area (Å²) in [6.45, 7) is 6.48. The lowest BCUT2D eigenvalue weighted by atomic mass is 10.1. The summed E-state index contributed by atoms with van der Waals surface area (Å²) in [6.07, 6.45) is 0. The summed E-state index contributed by atoms with van der Waals surface area (Å²) in [4.78, 5) is 16.7. The molecule has 1 aromatic heterocycles. The SMILES string of the molecule is Cc1nc(COc2ccc(C(=O)Nc3ccc(C)c(C)c3)cc2)cs1. The zero-order valence-corrected chi connectivity index (χ0v) is 15.3. The minimum atomic E-state index is -0.134. The molecule has 0 aliphatic heterocycles. The predicted octanol–water partition coefficient (Wildman–Crippen LogP) is 4.90. The molecular weight excluding hydrogens is 332 g/mol. The maximum Gasteiger partial charge on any atom is 0.255 e. The molecule has 0 fully saturated rings. The highest BCUT2D eigenvalue weighted by molar-refractivity contribution is 7.09. The van der Waals surface area contributed by atoms with Gasteiger partial charge >= 0.3 is 0 Å². The molecule has 0 spiro atoms. The summed E-state index contributed by atoms with van der Waals surface area (Å²) in [5.41, 5.74) is 4.66. The highest BCUT2D eigenvalue weighted by atomic mass is 32.1. The third kappa shape index (κ3) is 4.45. The van der Waals surface area contributed by atoms with Gasteiger partial charge in [-0.15, -0.1) is 11.3 Å². The van der Waals surface area contributed by atoms with E-state index in [-0.39, 0.29) is 5.91 Å². The molecule has 128 valence electrons. The normalized spacial score (nSPS) is 10.5. The average molecular weight is 352 g/mol. The first-order valence-electron chi connectivity index (χ1n) is 8.04. The van der Waals surface area contributed by atoms with E-state index in [0.29, 0.717) is 17.9 Å². The summed E-state index contributed by atoms with van der Waals surface area (Å²) in [5.74, 6) is 0.582. The molecule has 1 heterocycles. The van der Waals surface area contributed by atoms with E-state index >= 15 is 0 Å². The second-order valence-electron chi connectivity index (χ2n) is 5.92. The van der Waals surface area contributed by atoms with Gasteiger partial charge in [-0.2, -0.15) is 0 Å². The Balaban J connectivity index is 1.60. The van der Waals surface area contributed by atoms with Gasteiger partial charge in [-0.1, -0.05) is 6.07 Å². The first kappa shape index (κ1) is 17.2. The van der Waals surface area contributed by atoms with Crippen molar-refractivity contribution in [3.05, 3.63) is 75.2 Å². The van der Waals surface area contributed by atoms with Crippen LogP contribution in [0.4, 0.5) is 5.69 Å². The summed E-state index contributed by atoms with van der Waals surface area (Å²) >= 11 is 1.60. The van der Waals surface area contributed by atoms with Crippen molar-refractivity contribution in [2.24, 2.45) is 0 Å². The van der Waals surface area contributed by atoms with Gasteiger partial charge in [0, 0.05) is 16.6 Å². The van der Waals surface area contributed by atoms with Crippen LogP contribution in [-0.4, -0.2) is 10.9 Å². The zero-order valence-electron chi connectivity index (χ0n) is 14.5. The molecule has 5 heteroatoms. The minimum Gasteiger partial charge on any atom is -0.487 e. The number of thiazole rings is 1. The van der Waals surface area contributed by atoms with Crippen LogP contribution in [-0.2, 0) is 6.61 Å². The molecular formula is C20H20N2O2S. The smallest absolute Gasteiger partial charge is 0.255 e. The molecule has 1 amide bonds. The molecule has 1 N–H and O–H groups in total. The first-order chi connectivity index (χ1) is 12.0. The number of benzene rings is 2. The predicted molar refractivity (Wildman–Crippen MR) is 101 cm³/mol. The van der Waals surface area contributed by atoms with E-state index in [9.17, 15) is 4.79 Å². The van der Waals surface area contributed by atoms with Crippen LogP contribution in [0.15, 0.2) is 47.8 Å². The largest absolute Gasteiger partial charge is 0.487 e. The van der Waals surface area contributed by atoms with Crippen LogP contribution in [0, 0.1) is 20.8 Å². The van der Waals surface area contributed by atoms with Gasteiger partial charge in [-0.3, -0.25) is 4.79 Å². The Labute approximate surface area is 151 Å². The number of carbonyl (C=O) groups is 1. The van der Waals surface area contributed by atoms with Gasteiger partial charge in [-0.05, 0) is 68.3 Å². The van der Waals surface area contributed by atoms with Crippen molar-refractivity contribution in [3.63, 3.8) is 0 Å². The van der Waals surface area contributed by atoms with E-state index < -0.39 is 0 Å². The van der Waals surface area contributed by atoms with Gasteiger partial charge in [0.25, 0.3) is 5.91 Å². The van der Waals surface area contributed by atoms with Crippen LogP contribution in [0.2, 0.25) is 0 Å². The van der Waals surface area contributed by atoms with E-state index in [2.05, 4.69) is 10.3 Å². The molecule has 0 bridgehead atoms. The topological polar surface area (TPSA) is 51.2 Å². The van der Waals surface area contributed by atoms with Gasteiger partial charge < -0.3 is 10.1 Å². The number of ether oxygens (including phenoxy) is 1. The van der Waals surface area contributed by atoms with E-state index in [1.807, 2.05) is 44.4 Å². The third-order valence-electron chi connectivity index (χ3n) is 3.93. The van der Waals surface area contributed by atoms with Gasteiger partial charge in [0.2, 0.25) is 0 Å². The fourth-order valence-corrected chi connectivity index (χ4v) is 2.95. The fourth-order valence-electron chi connectivity index (χ4n) is 2.36. The summed E-state index contributed by atoms with van der Waals surface area (Å²) in [5, 5.41) is 5.93. The number of hydrogen-bond donors (Lipinski definition) is 1. The van der Waals surface area contributed by atoms with Crippen molar-refractivity contribution < 1.29 is 9.53 Å². The van der Waals surface area contributed by atoms with E-state index in [0.717, 1.165) is 22.0 Å². The third-order valence-corrected chi connectivity index (χ3v) is 4.76. The molecule has 4 nitrogen and oxygen atoms in total. The molecule has 3 aromatic rings. The van der Waals surface area contributed by atoms with Crippen molar-refractivity contribution >= 4 is 22.9 Å². The molecule has 0 saturated heterocycles. The monoisotopic (exact) mass is 352 g/mol. The maximum atomic E-state index is 12.3. The van der Waals surface area contributed by atoms with Crippen LogP contribution in [0.25, 0.3) is 0 Å². The Morgan fingerprint density at radius 2 is 1.84 bits per heavy atom. The number of hydrogen-bond acceptors (Lipinski definition) is 4. The Morgan fingerprint density at radius 3 is 2.48 bits per heavy atom. The second kappa shape index (κ2) is 7.49. The molecule has 0 atom stereocenters. The highest BCUT2D eigenvalue weighted by Crippen LogP contribution is 2.18. The second-order valence-corrected chi connectivity index (χ2v) is 6.99. The van der Waals surface area contributed by atoms with Crippen molar-refractivity contribution in [1.29, 1.82) is 0 Å². The summed E-state index contributed by atoms with van der Waals surface area (Å²) in [6, 6.07) is 13.0. The Hall–Kier alpha value is -2.66. The summed E-state index contributed by atoms with van der Waals surface area (Å²) in [7, 11) is 0. The van der Waals surface area contributed by atoms with Crippen molar-refractivity contribution in [3.8, 4) is 5.75 Å². The van der Waals surface area contributed by atoms with E-state index in [4.69, 9.17) is 4.74 Å². The Bertz CT molecular complexity index is 885. The number of rotatable bonds is 5. The molecule has 0 saturated carbocycles. The van der Waals surface area contributed by atoms with Gasteiger partial charge in [0.05, 0.1) is 10.7 Å². The van der Waals surface area contributed by atoms with Gasteiger partial charge in [0.1, 0.15) is 12.4 Å². The summed E-state index contributed by atoms with van der Waals surface area (Å²) < 4.78 is 5.70. The quantitative estimate of drug-likeness (QED) is 0.710. The first-order valence-corrected chi connectivity index (χ1v) is 8.92. The number of anilines is 1. The number of aromatic nitrogens is 1. The lowest BCUT2D eigenvalue weighted by molar-refractivity contribution is 0.102. The Kier molecular flexibility index (Phi) is 5.14. The van der Waals surface area contributed by atoms with Crippen LogP contribution < -0.4 is 10.1 Å². The lowest BCUT2D eigenvalue weighted by Gasteiger charge is -2.09. The maximum absolute atomic E-state index is 12.3. The van der Waals surface area contributed by atoms with Crippen LogP contribution >= 0.6 is 11.3 Å². The minimum absolute atomic E-state index is 0.134. The zero-order chi connectivity index (χ0) is 17.8. The fraction of sp³-hybridized carbons (Fsp3) is 0.200. The molecule has 25 heavy (non-hydrogen) atoms. The number of nitrogens with one attached hydrogen (secondary N) is 1. The Morgan fingerprint density at radius 1 is 1.08 bits per heavy atom. The molecule has 0 aliphatic rings. The highest BCUT2D eigenvalue weighted by Gasteiger charge is 2.07. The number of nitrogens with zero attached hydrogens (tertiary/aromatic N) is 1. The molecule has 0 unspecified atom stereocenters. The van der Waals surface area contributed by atoms with E-state index in [1.165, 1.54) is 5.56 Å². The van der Waals surface area contributed by atoms with Crippen molar-refractivity contribution in [2.75, 3.05) is 5.32 Å². The molecule has 2 aromatic carbocycles. The van der Waals surface area contributed by atoms with Crippen molar-refractivity contribution in [1.82, 2.24) is 4.98 Å². The van der Waals surface area contributed by atoms with Crippen LogP contribution in [0.3, 0.4) is 0 Å².